The lowest BCUT2D eigenvalue weighted by atomic mass is 9.97. The number of ether oxygens (including phenoxy) is 1. The van der Waals surface area contributed by atoms with Crippen LogP contribution >= 0.6 is 15.9 Å². The molecule has 1 saturated heterocycles. The van der Waals surface area contributed by atoms with Gasteiger partial charge in [0, 0.05) is 5.56 Å². The molecule has 5 heteroatoms. The zero-order valence-corrected chi connectivity index (χ0v) is 12.4. The summed E-state index contributed by atoms with van der Waals surface area (Å²) < 4.78 is 6.52. The van der Waals surface area contributed by atoms with Crippen molar-refractivity contribution >= 4 is 21.8 Å². The summed E-state index contributed by atoms with van der Waals surface area (Å²) in [6.07, 6.45) is 3.58. The molecule has 0 bridgehead atoms. The molecule has 104 valence electrons. The summed E-state index contributed by atoms with van der Waals surface area (Å²) >= 11 is 3.40. The van der Waals surface area contributed by atoms with Crippen molar-refractivity contribution in [3.05, 3.63) is 28.2 Å². The number of carbonyl (C=O) groups is 1. The largest absolute Gasteiger partial charge is 0.492 e. The minimum atomic E-state index is -0.430. The Morgan fingerprint density at radius 2 is 2.37 bits per heavy atom. The zero-order valence-electron chi connectivity index (χ0n) is 10.8. The Balaban J connectivity index is 1.83. The molecule has 1 aromatic rings. The lowest BCUT2D eigenvalue weighted by Gasteiger charge is -2.22. The van der Waals surface area contributed by atoms with Crippen LogP contribution in [-0.4, -0.2) is 25.6 Å². The summed E-state index contributed by atoms with van der Waals surface area (Å²) in [6, 6.07) is 5.16. The highest BCUT2D eigenvalue weighted by Crippen LogP contribution is 2.26. The average molecular weight is 327 g/mol. The first-order valence-corrected chi connectivity index (χ1v) is 7.39. The minimum absolute atomic E-state index is 0.430. The standard InChI is InChI=1S/C14H19BrN2O2/c15-12-8-11(14(16)18)3-4-13(12)19-7-5-10-2-1-6-17-9-10/h3-4,8,10,17H,1-2,5-7,9H2,(H2,16,18). The molecule has 0 aliphatic carbocycles. The summed E-state index contributed by atoms with van der Waals surface area (Å²) in [6.45, 7) is 2.92. The van der Waals surface area contributed by atoms with E-state index in [4.69, 9.17) is 10.5 Å². The lowest BCUT2D eigenvalue weighted by Crippen LogP contribution is -2.30. The zero-order chi connectivity index (χ0) is 13.7. The SMILES string of the molecule is NC(=O)c1ccc(OCCC2CCCNC2)c(Br)c1. The molecule has 1 aliphatic rings. The van der Waals surface area contributed by atoms with E-state index in [1.165, 1.54) is 12.8 Å². The fourth-order valence-corrected chi connectivity index (χ4v) is 2.77. The fourth-order valence-electron chi connectivity index (χ4n) is 2.28. The normalized spacial score (nSPS) is 19.1. The molecule has 1 fully saturated rings. The molecule has 1 amide bonds. The molecule has 1 aromatic carbocycles. The van der Waals surface area contributed by atoms with E-state index in [1.807, 2.05) is 0 Å². The summed E-state index contributed by atoms with van der Waals surface area (Å²) in [7, 11) is 0. The van der Waals surface area contributed by atoms with Gasteiger partial charge in [0.15, 0.2) is 0 Å². The number of primary amides is 1. The monoisotopic (exact) mass is 326 g/mol. The van der Waals surface area contributed by atoms with E-state index in [-0.39, 0.29) is 0 Å². The third-order valence-corrected chi connectivity index (χ3v) is 4.02. The summed E-state index contributed by atoms with van der Waals surface area (Å²) in [5.74, 6) is 1.03. The van der Waals surface area contributed by atoms with Crippen molar-refractivity contribution in [2.45, 2.75) is 19.3 Å². The van der Waals surface area contributed by atoms with E-state index >= 15 is 0 Å². The van der Waals surface area contributed by atoms with Crippen LogP contribution in [0, 0.1) is 5.92 Å². The molecule has 1 atom stereocenters. The van der Waals surface area contributed by atoms with Gasteiger partial charge in [-0.05, 0) is 72.4 Å². The van der Waals surface area contributed by atoms with Gasteiger partial charge < -0.3 is 15.8 Å². The van der Waals surface area contributed by atoms with Gasteiger partial charge in [-0.25, -0.2) is 0 Å². The molecule has 2 rings (SSSR count). The number of piperidine rings is 1. The molecule has 1 heterocycles. The van der Waals surface area contributed by atoms with Crippen LogP contribution in [0.25, 0.3) is 0 Å². The Hall–Kier alpha value is -1.07. The van der Waals surface area contributed by atoms with Crippen molar-refractivity contribution in [3.8, 4) is 5.75 Å². The van der Waals surface area contributed by atoms with Crippen LogP contribution in [0.3, 0.4) is 0 Å². The van der Waals surface area contributed by atoms with Gasteiger partial charge >= 0.3 is 0 Å². The molecular formula is C14H19BrN2O2. The van der Waals surface area contributed by atoms with Crippen LogP contribution < -0.4 is 15.8 Å². The Labute approximate surface area is 121 Å². The number of benzene rings is 1. The highest BCUT2D eigenvalue weighted by molar-refractivity contribution is 9.10. The molecule has 0 spiro atoms. The molecule has 19 heavy (non-hydrogen) atoms. The molecule has 0 aromatic heterocycles. The topological polar surface area (TPSA) is 64.4 Å². The van der Waals surface area contributed by atoms with E-state index in [1.54, 1.807) is 18.2 Å². The van der Waals surface area contributed by atoms with E-state index in [0.29, 0.717) is 18.1 Å². The van der Waals surface area contributed by atoms with E-state index < -0.39 is 5.91 Å². The number of nitrogens with one attached hydrogen (secondary N) is 1. The predicted molar refractivity (Wildman–Crippen MR) is 78.4 cm³/mol. The van der Waals surface area contributed by atoms with Crippen molar-refractivity contribution in [1.29, 1.82) is 0 Å². The Kier molecular flexibility index (Phi) is 5.22. The van der Waals surface area contributed by atoms with Crippen molar-refractivity contribution in [2.24, 2.45) is 11.7 Å². The molecule has 0 saturated carbocycles. The number of nitrogens with two attached hydrogens (primary N) is 1. The van der Waals surface area contributed by atoms with Crippen LogP contribution in [0.5, 0.6) is 5.75 Å². The van der Waals surface area contributed by atoms with Gasteiger partial charge in [-0.3, -0.25) is 4.79 Å². The first-order valence-electron chi connectivity index (χ1n) is 6.59. The first-order chi connectivity index (χ1) is 9.16. The summed E-state index contributed by atoms with van der Waals surface area (Å²) in [5, 5.41) is 3.40. The Bertz CT molecular complexity index is 445. The second-order valence-corrected chi connectivity index (χ2v) is 5.71. The third-order valence-electron chi connectivity index (χ3n) is 3.40. The van der Waals surface area contributed by atoms with Crippen molar-refractivity contribution < 1.29 is 9.53 Å². The molecule has 0 radical (unpaired) electrons. The van der Waals surface area contributed by atoms with Gasteiger partial charge in [-0.15, -0.1) is 0 Å². The van der Waals surface area contributed by atoms with Crippen LogP contribution in [0.15, 0.2) is 22.7 Å². The van der Waals surface area contributed by atoms with Gasteiger partial charge in [0.2, 0.25) is 5.91 Å². The van der Waals surface area contributed by atoms with Gasteiger partial charge in [0.05, 0.1) is 11.1 Å². The summed E-state index contributed by atoms with van der Waals surface area (Å²) in [5.41, 5.74) is 5.70. The Morgan fingerprint density at radius 1 is 1.53 bits per heavy atom. The number of amides is 1. The predicted octanol–water partition coefficient (Wildman–Crippen LogP) is 2.32. The number of halogens is 1. The van der Waals surface area contributed by atoms with Gasteiger partial charge in [0.1, 0.15) is 5.75 Å². The Morgan fingerprint density at radius 3 is 3.00 bits per heavy atom. The fraction of sp³-hybridized carbons (Fsp3) is 0.500. The molecule has 1 aliphatic heterocycles. The van der Waals surface area contributed by atoms with Crippen LogP contribution in [0.2, 0.25) is 0 Å². The number of rotatable bonds is 5. The van der Waals surface area contributed by atoms with Gasteiger partial charge in [-0.1, -0.05) is 0 Å². The maximum Gasteiger partial charge on any atom is 0.248 e. The maximum atomic E-state index is 11.0. The van der Waals surface area contributed by atoms with Gasteiger partial charge in [0.25, 0.3) is 0 Å². The second-order valence-electron chi connectivity index (χ2n) is 4.86. The molecular weight excluding hydrogens is 308 g/mol. The molecule has 4 nitrogen and oxygen atoms in total. The number of hydrogen-bond acceptors (Lipinski definition) is 3. The van der Waals surface area contributed by atoms with E-state index in [0.717, 1.165) is 29.7 Å². The first kappa shape index (κ1) is 14.3. The average Bonchev–Trinajstić information content (AvgIpc) is 2.41. The highest BCUT2D eigenvalue weighted by atomic mass is 79.9. The van der Waals surface area contributed by atoms with Crippen molar-refractivity contribution in [1.82, 2.24) is 5.32 Å². The highest BCUT2D eigenvalue weighted by Gasteiger charge is 2.13. The number of hydrogen-bond donors (Lipinski definition) is 2. The quantitative estimate of drug-likeness (QED) is 0.872. The summed E-state index contributed by atoms with van der Waals surface area (Å²) in [4.78, 5) is 11.0. The second kappa shape index (κ2) is 6.91. The third kappa shape index (κ3) is 4.21. The van der Waals surface area contributed by atoms with Crippen molar-refractivity contribution in [2.75, 3.05) is 19.7 Å². The lowest BCUT2D eigenvalue weighted by molar-refractivity contribution is 0.1000. The van der Waals surface area contributed by atoms with E-state index in [9.17, 15) is 4.79 Å². The maximum absolute atomic E-state index is 11.0. The van der Waals surface area contributed by atoms with Crippen LogP contribution in [0.1, 0.15) is 29.6 Å². The van der Waals surface area contributed by atoms with Crippen LogP contribution in [-0.2, 0) is 0 Å². The molecule has 3 N–H and O–H groups in total. The smallest absolute Gasteiger partial charge is 0.248 e. The van der Waals surface area contributed by atoms with E-state index in [2.05, 4.69) is 21.2 Å². The van der Waals surface area contributed by atoms with Crippen LogP contribution in [0.4, 0.5) is 0 Å². The number of carbonyl (C=O) groups excluding carboxylic acids is 1. The van der Waals surface area contributed by atoms with Gasteiger partial charge in [-0.2, -0.15) is 0 Å². The molecule has 1 unspecified atom stereocenters. The minimum Gasteiger partial charge on any atom is -0.492 e. The van der Waals surface area contributed by atoms with Crippen molar-refractivity contribution in [3.63, 3.8) is 0 Å².